The topological polar surface area (TPSA) is 47.3 Å². The fourth-order valence-electron chi connectivity index (χ4n) is 2.77. The van der Waals surface area contributed by atoms with Crippen molar-refractivity contribution >= 4 is 11.4 Å². The van der Waals surface area contributed by atoms with E-state index in [9.17, 15) is 0 Å². The fourth-order valence-corrected chi connectivity index (χ4v) is 2.77. The van der Waals surface area contributed by atoms with Gasteiger partial charge in [-0.05, 0) is 36.0 Å². The van der Waals surface area contributed by atoms with Crippen LogP contribution < -0.4 is 11.1 Å². The van der Waals surface area contributed by atoms with Crippen LogP contribution in [-0.4, -0.2) is 12.8 Å². The van der Waals surface area contributed by atoms with Crippen molar-refractivity contribution in [2.24, 2.45) is 5.73 Å². The highest BCUT2D eigenvalue weighted by Crippen LogP contribution is 2.37. The van der Waals surface area contributed by atoms with E-state index in [2.05, 4.69) is 44.3 Å². The second-order valence-corrected chi connectivity index (χ2v) is 6.45. The van der Waals surface area contributed by atoms with E-state index in [1.165, 1.54) is 11.1 Å². The molecule has 0 amide bonds. The number of rotatable bonds is 0. The number of ether oxygens (including phenoxy) is 1. The Morgan fingerprint density at radius 3 is 2.84 bits per heavy atom. The molecule has 0 bridgehead atoms. The fraction of sp³-hybridized carbons (Fsp3) is 0.500. The molecule has 2 aliphatic heterocycles. The largest absolute Gasteiger partial charge is 0.398 e. The monoisotopic (exact) mass is 258 g/mol. The van der Waals surface area contributed by atoms with E-state index in [1.807, 2.05) is 0 Å². The molecule has 19 heavy (non-hydrogen) atoms. The zero-order chi connectivity index (χ0) is 13.6. The van der Waals surface area contributed by atoms with Gasteiger partial charge in [-0.3, -0.25) is 0 Å². The Labute approximate surface area is 114 Å². The Morgan fingerprint density at radius 1 is 1.32 bits per heavy atom. The van der Waals surface area contributed by atoms with Crippen LogP contribution in [0.2, 0.25) is 0 Å². The molecule has 0 aromatic heterocycles. The van der Waals surface area contributed by atoms with Crippen LogP contribution in [0.5, 0.6) is 0 Å². The Kier molecular flexibility index (Phi) is 2.82. The number of nitrogens with two attached hydrogens (primary N) is 1. The van der Waals surface area contributed by atoms with Gasteiger partial charge >= 0.3 is 0 Å². The maximum Gasteiger partial charge on any atom is 0.152 e. The van der Waals surface area contributed by atoms with E-state index < -0.39 is 0 Å². The Hall–Kier alpha value is -1.48. The van der Waals surface area contributed by atoms with Crippen LogP contribution >= 0.6 is 0 Å². The first kappa shape index (κ1) is 12.5. The molecule has 3 N–H and O–H groups in total. The van der Waals surface area contributed by atoms with Crippen molar-refractivity contribution in [1.82, 2.24) is 0 Å². The molecule has 3 rings (SSSR count). The summed E-state index contributed by atoms with van der Waals surface area (Å²) in [6, 6.07) is 6.51. The minimum absolute atomic E-state index is 0.0262. The lowest BCUT2D eigenvalue weighted by Gasteiger charge is -2.34. The van der Waals surface area contributed by atoms with Crippen LogP contribution in [0.4, 0.5) is 5.69 Å². The SMILES string of the molecule is CC(C)(C)c1ccc2c(c1)C(N)=C1CCCOC1N2. The van der Waals surface area contributed by atoms with Gasteiger partial charge < -0.3 is 15.8 Å². The van der Waals surface area contributed by atoms with Gasteiger partial charge in [0.2, 0.25) is 0 Å². The third-order valence-corrected chi connectivity index (χ3v) is 4.00. The van der Waals surface area contributed by atoms with E-state index in [-0.39, 0.29) is 11.6 Å². The van der Waals surface area contributed by atoms with Gasteiger partial charge in [-0.2, -0.15) is 0 Å². The van der Waals surface area contributed by atoms with E-state index in [0.29, 0.717) is 0 Å². The molecule has 0 saturated carbocycles. The highest BCUT2D eigenvalue weighted by Gasteiger charge is 2.29. The van der Waals surface area contributed by atoms with Gasteiger partial charge in [-0.1, -0.05) is 26.8 Å². The summed E-state index contributed by atoms with van der Waals surface area (Å²) in [5, 5.41) is 3.45. The molecule has 1 atom stereocenters. The summed E-state index contributed by atoms with van der Waals surface area (Å²) in [7, 11) is 0. The van der Waals surface area contributed by atoms with Gasteiger partial charge in [0.1, 0.15) is 0 Å². The summed E-state index contributed by atoms with van der Waals surface area (Å²) in [6.45, 7) is 7.48. The van der Waals surface area contributed by atoms with Crippen LogP contribution in [0.3, 0.4) is 0 Å². The summed E-state index contributed by atoms with van der Waals surface area (Å²) >= 11 is 0. The molecule has 2 aliphatic rings. The minimum Gasteiger partial charge on any atom is -0.398 e. The first-order chi connectivity index (χ1) is 8.97. The molecule has 3 nitrogen and oxygen atoms in total. The molecular weight excluding hydrogens is 236 g/mol. The van der Waals surface area contributed by atoms with Crippen LogP contribution in [0, 0.1) is 0 Å². The maximum absolute atomic E-state index is 6.37. The summed E-state index contributed by atoms with van der Waals surface area (Å²) in [4.78, 5) is 0. The van der Waals surface area contributed by atoms with Crippen molar-refractivity contribution < 1.29 is 4.74 Å². The number of nitrogens with one attached hydrogen (secondary N) is 1. The first-order valence-electron chi connectivity index (χ1n) is 6.98. The molecule has 102 valence electrons. The molecule has 2 heterocycles. The molecule has 1 aromatic rings. The molecule has 3 heteroatoms. The summed E-state index contributed by atoms with van der Waals surface area (Å²) in [6.07, 6.45) is 2.06. The molecule has 1 saturated heterocycles. The lowest BCUT2D eigenvalue weighted by Crippen LogP contribution is -2.35. The Balaban J connectivity index is 2.08. The molecule has 1 aromatic carbocycles. The van der Waals surface area contributed by atoms with Crippen LogP contribution in [0.15, 0.2) is 23.8 Å². The van der Waals surface area contributed by atoms with Crippen LogP contribution in [0.1, 0.15) is 44.7 Å². The van der Waals surface area contributed by atoms with E-state index in [4.69, 9.17) is 10.5 Å². The predicted molar refractivity (Wildman–Crippen MR) is 78.8 cm³/mol. The molecule has 0 spiro atoms. The van der Waals surface area contributed by atoms with Gasteiger partial charge in [0.15, 0.2) is 6.23 Å². The smallest absolute Gasteiger partial charge is 0.152 e. The van der Waals surface area contributed by atoms with Gasteiger partial charge in [-0.25, -0.2) is 0 Å². The normalized spacial score (nSPS) is 22.6. The number of benzene rings is 1. The number of fused-ring (bicyclic) bond motifs is 2. The van der Waals surface area contributed by atoms with Crippen molar-refractivity contribution in [3.05, 3.63) is 34.9 Å². The number of hydrogen-bond donors (Lipinski definition) is 2. The van der Waals surface area contributed by atoms with Gasteiger partial charge in [0, 0.05) is 29.1 Å². The first-order valence-corrected chi connectivity index (χ1v) is 6.98. The molecule has 1 unspecified atom stereocenters. The standard InChI is InChI=1S/C16H22N2O/c1-16(2,3)10-6-7-13-12(9-10)14(17)11-5-4-8-19-15(11)18-13/h6-7,9,15,18H,4-5,8,17H2,1-3H3. The van der Waals surface area contributed by atoms with Crippen molar-refractivity contribution in [3.63, 3.8) is 0 Å². The minimum atomic E-state index is -0.0262. The quantitative estimate of drug-likeness (QED) is 0.751. The third kappa shape index (κ3) is 2.12. The van der Waals surface area contributed by atoms with Crippen LogP contribution in [-0.2, 0) is 10.2 Å². The molecule has 0 radical (unpaired) electrons. The van der Waals surface area contributed by atoms with Crippen molar-refractivity contribution in [2.75, 3.05) is 11.9 Å². The lowest BCUT2D eigenvalue weighted by atomic mass is 9.84. The van der Waals surface area contributed by atoms with Crippen molar-refractivity contribution in [1.29, 1.82) is 0 Å². The van der Waals surface area contributed by atoms with E-state index in [1.54, 1.807) is 0 Å². The van der Waals surface area contributed by atoms with Gasteiger partial charge in [0.25, 0.3) is 0 Å². The molecule has 0 aliphatic carbocycles. The lowest BCUT2D eigenvalue weighted by molar-refractivity contribution is 0.0701. The van der Waals surface area contributed by atoms with Crippen molar-refractivity contribution in [3.8, 4) is 0 Å². The second kappa shape index (κ2) is 4.27. The van der Waals surface area contributed by atoms with Crippen molar-refractivity contribution in [2.45, 2.75) is 45.3 Å². The average Bonchev–Trinajstić information content (AvgIpc) is 2.37. The maximum atomic E-state index is 6.37. The highest BCUT2D eigenvalue weighted by atomic mass is 16.5. The average molecular weight is 258 g/mol. The highest BCUT2D eigenvalue weighted by molar-refractivity contribution is 5.81. The number of hydrogen-bond acceptors (Lipinski definition) is 3. The van der Waals surface area contributed by atoms with E-state index in [0.717, 1.165) is 36.4 Å². The Morgan fingerprint density at radius 2 is 2.11 bits per heavy atom. The second-order valence-electron chi connectivity index (χ2n) is 6.45. The predicted octanol–water partition coefficient (Wildman–Crippen LogP) is 3.22. The zero-order valence-electron chi connectivity index (χ0n) is 11.9. The molecular formula is C16H22N2O. The van der Waals surface area contributed by atoms with Gasteiger partial charge in [-0.15, -0.1) is 0 Å². The zero-order valence-corrected chi connectivity index (χ0v) is 11.9. The molecule has 1 fully saturated rings. The third-order valence-electron chi connectivity index (χ3n) is 4.00. The summed E-state index contributed by atoms with van der Waals surface area (Å²) < 4.78 is 5.76. The van der Waals surface area contributed by atoms with Crippen LogP contribution in [0.25, 0.3) is 5.70 Å². The Bertz CT molecular complexity index is 540. The van der Waals surface area contributed by atoms with E-state index >= 15 is 0 Å². The number of anilines is 1. The summed E-state index contributed by atoms with van der Waals surface area (Å²) in [5.74, 6) is 0. The summed E-state index contributed by atoms with van der Waals surface area (Å²) in [5.41, 5.74) is 12.2. The van der Waals surface area contributed by atoms with Gasteiger partial charge in [0.05, 0.1) is 0 Å².